The predicted molar refractivity (Wildman–Crippen MR) is 116 cm³/mol. The van der Waals surface area contributed by atoms with Gasteiger partial charge in [-0.2, -0.15) is 4.68 Å². The largest absolute Gasteiger partial charge is 0.462 e. The van der Waals surface area contributed by atoms with Crippen LogP contribution in [-0.2, 0) is 22.4 Å². The van der Waals surface area contributed by atoms with E-state index in [9.17, 15) is 9.59 Å². The Morgan fingerprint density at radius 1 is 1.27 bits per heavy atom. The van der Waals surface area contributed by atoms with Gasteiger partial charge >= 0.3 is 5.97 Å². The van der Waals surface area contributed by atoms with Gasteiger partial charge in [0.25, 0.3) is 0 Å². The first-order chi connectivity index (χ1) is 14.6. The maximum absolute atomic E-state index is 12.6. The molecule has 1 aromatic carbocycles. The second-order valence-corrected chi connectivity index (χ2v) is 8.88. The molecular formula is C20H21N5O3S2. The summed E-state index contributed by atoms with van der Waals surface area (Å²) in [5.74, 6) is -0.469. The molecule has 10 heteroatoms. The predicted octanol–water partition coefficient (Wildman–Crippen LogP) is 3.43. The van der Waals surface area contributed by atoms with Gasteiger partial charge in [0.05, 0.1) is 23.6 Å². The van der Waals surface area contributed by atoms with Crippen LogP contribution in [-0.4, -0.2) is 44.4 Å². The molecule has 0 spiro atoms. The summed E-state index contributed by atoms with van der Waals surface area (Å²) in [6.45, 7) is 4.08. The lowest BCUT2D eigenvalue weighted by atomic mass is 10.1. The van der Waals surface area contributed by atoms with E-state index in [2.05, 4.69) is 20.8 Å². The van der Waals surface area contributed by atoms with Crippen LogP contribution in [0.5, 0.6) is 0 Å². The number of thiophene rings is 1. The number of tetrazole rings is 1. The average Bonchev–Trinajstić information content (AvgIpc) is 3.43. The molecule has 0 saturated carbocycles. The summed E-state index contributed by atoms with van der Waals surface area (Å²) in [6.07, 6.45) is 2.80. The van der Waals surface area contributed by atoms with E-state index in [0.29, 0.717) is 22.3 Å². The Balaban J connectivity index is 1.45. The molecule has 1 aliphatic carbocycles. The van der Waals surface area contributed by atoms with Crippen molar-refractivity contribution < 1.29 is 14.3 Å². The van der Waals surface area contributed by atoms with E-state index in [1.165, 1.54) is 23.1 Å². The minimum atomic E-state index is -0.372. The number of ether oxygens (including phenoxy) is 1. The van der Waals surface area contributed by atoms with Crippen molar-refractivity contribution in [2.75, 3.05) is 17.7 Å². The molecule has 156 valence electrons. The van der Waals surface area contributed by atoms with Crippen molar-refractivity contribution in [1.29, 1.82) is 0 Å². The van der Waals surface area contributed by atoms with Gasteiger partial charge in [-0.15, -0.1) is 16.4 Å². The van der Waals surface area contributed by atoms with Gasteiger partial charge in [0.15, 0.2) is 0 Å². The number of carbonyl (C=O) groups excluding carboxylic acids is 2. The van der Waals surface area contributed by atoms with Gasteiger partial charge in [-0.05, 0) is 61.2 Å². The second kappa shape index (κ2) is 8.97. The van der Waals surface area contributed by atoms with Gasteiger partial charge in [-0.25, -0.2) is 4.79 Å². The number of amides is 1. The highest BCUT2D eigenvalue weighted by Crippen LogP contribution is 2.39. The van der Waals surface area contributed by atoms with Gasteiger partial charge < -0.3 is 10.1 Å². The van der Waals surface area contributed by atoms with E-state index >= 15 is 0 Å². The number of hydrogen-bond acceptors (Lipinski definition) is 8. The molecule has 4 rings (SSSR count). The fraction of sp³-hybridized carbons (Fsp3) is 0.350. The van der Waals surface area contributed by atoms with Crippen molar-refractivity contribution >= 4 is 40.0 Å². The molecule has 0 bridgehead atoms. The lowest BCUT2D eigenvalue weighted by Crippen LogP contribution is -2.17. The van der Waals surface area contributed by atoms with Gasteiger partial charge in [0.2, 0.25) is 11.1 Å². The number of rotatable bonds is 7. The Morgan fingerprint density at radius 2 is 2.07 bits per heavy atom. The molecule has 0 unspecified atom stereocenters. The molecule has 2 heterocycles. The van der Waals surface area contributed by atoms with E-state index in [1.807, 2.05) is 31.2 Å². The number of nitrogens with zero attached hydrogens (tertiary/aromatic N) is 4. The van der Waals surface area contributed by atoms with Crippen LogP contribution in [0.2, 0.25) is 0 Å². The normalized spacial score (nSPS) is 12.6. The van der Waals surface area contributed by atoms with Crippen molar-refractivity contribution in [3.63, 3.8) is 0 Å². The van der Waals surface area contributed by atoms with Crippen LogP contribution in [0.4, 0.5) is 5.00 Å². The lowest BCUT2D eigenvalue weighted by Gasteiger charge is -2.08. The molecule has 0 aliphatic heterocycles. The van der Waals surface area contributed by atoms with Crippen LogP contribution >= 0.6 is 23.1 Å². The number of thioether (sulfide) groups is 1. The number of anilines is 1. The quantitative estimate of drug-likeness (QED) is 0.441. The lowest BCUT2D eigenvalue weighted by molar-refractivity contribution is -0.113. The molecule has 1 aliphatic rings. The molecule has 1 N–H and O–H groups in total. The first-order valence-corrected chi connectivity index (χ1v) is 11.5. The smallest absolute Gasteiger partial charge is 0.341 e. The van der Waals surface area contributed by atoms with Crippen LogP contribution in [0.25, 0.3) is 5.69 Å². The summed E-state index contributed by atoms with van der Waals surface area (Å²) >= 11 is 2.71. The number of nitrogens with one attached hydrogen (secondary N) is 1. The maximum atomic E-state index is 12.6. The Labute approximate surface area is 182 Å². The zero-order valence-electron chi connectivity index (χ0n) is 16.7. The summed E-state index contributed by atoms with van der Waals surface area (Å²) in [7, 11) is 0. The van der Waals surface area contributed by atoms with Crippen molar-refractivity contribution in [3.05, 3.63) is 45.8 Å². The molecule has 8 nitrogen and oxygen atoms in total. The van der Waals surface area contributed by atoms with E-state index in [0.717, 1.165) is 41.0 Å². The van der Waals surface area contributed by atoms with Crippen molar-refractivity contribution in [2.45, 2.75) is 38.3 Å². The first kappa shape index (κ1) is 20.5. The van der Waals surface area contributed by atoms with Crippen LogP contribution in [0.3, 0.4) is 0 Å². The van der Waals surface area contributed by atoms with E-state index in [-0.39, 0.29) is 17.6 Å². The van der Waals surface area contributed by atoms with Gasteiger partial charge in [-0.3, -0.25) is 4.79 Å². The minimum absolute atomic E-state index is 0.122. The molecule has 0 atom stereocenters. The molecular weight excluding hydrogens is 422 g/mol. The third kappa shape index (κ3) is 4.24. The number of carbonyl (C=O) groups is 2. The standard InChI is InChI=1S/C20H21N5O3S2/c1-3-28-19(27)17-14-5-4-6-15(14)30-18(17)21-16(26)11-29-20-22-23-24-25(20)13-9-7-12(2)8-10-13/h7-10H,3-6,11H2,1-2H3,(H,21,26). The maximum Gasteiger partial charge on any atom is 0.341 e. The third-order valence-electron chi connectivity index (χ3n) is 4.71. The average molecular weight is 444 g/mol. The van der Waals surface area contributed by atoms with Crippen LogP contribution in [0.15, 0.2) is 29.4 Å². The van der Waals surface area contributed by atoms with Gasteiger partial charge in [0.1, 0.15) is 5.00 Å². The highest BCUT2D eigenvalue weighted by atomic mass is 32.2. The zero-order chi connectivity index (χ0) is 21.1. The molecule has 0 saturated heterocycles. The van der Waals surface area contributed by atoms with Crippen LogP contribution in [0.1, 0.15) is 39.7 Å². The Morgan fingerprint density at radius 3 is 2.83 bits per heavy atom. The Hall–Kier alpha value is -2.72. The molecule has 3 aromatic rings. The molecule has 0 radical (unpaired) electrons. The summed E-state index contributed by atoms with van der Waals surface area (Å²) in [4.78, 5) is 26.2. The van der Waals surface area contributed by atoms with Crippen molar-refractivity contribution in [1.82, 2.24) is 20.2 Å². The molecule has 2 aromatic heterocycles. The fourth-order valence-corrected chi connectivity index (χ4v) is 5.31. The summed E-state index contributed by atoms with van der Waals surface area (Å²) in [5.41, 5.74) is 3.50. The van der Waals surface area contributed by atoms with Crippen LogP contribution < -0.4 is 5.32 Å². The second-order valence-electron chi connectivity index (χ2n) is 6.83. The monoisotopic (exact) mass is 443 g/mol. The van der Waals surface area contributed by atoms with Gasteiger partial charge in [0, 0.05) is 4.88 Å². The SMILES string of the molecule is CCOC(=O)c1c(NC(=O)CSc2nnnn2-c2ccc(C)cc2)sc2c1CCC2. The number of fused-ring (bicyclic) bond motifs is 1. The van der Waals surface area contributed by atoms with E-state index < -0.39 is 0 Å². The van der Waals surface area contributed by atoms with E-state index in [1.54, 1.807) is 11.6 Å². The number of esters is 1. The van der Waals surface area contributed by atoms with E-state index in [4.69, 9.17) is 4.74 Å². The first-order valence-electron chi connectivity index (χ1n) is 9.66. The highest BCUT2D eigenvalue weighted by molar-refractivity contribution is 7.99. The minimum Gasteiger partial charge on any atom is -0.462 e. The zero-order valence-corrected chi connectivity index (χ0v) is 18.3. The van der Waals surface area contributed by atoms with Crippen molar-refractivity contribution in [3.8, 4) is 5.69 Å². The summed E-state index contributed by atoms with van der Waals surface area (Å²) in [6, 6.07) is 7.80. The summed E-state index contributed by atoms with van der Waals surface area (Å²) < 4.78 is 6.81. The molecule has 1 amide bonds. The number of hydrogen-bond donors (Lipinski definition) is 1. The molecule has 30 heavy (non-hydrogen) atoms. The fourth-order valence-electron chi connectivity index (χ4n) is 3.32. The Bertz CT molecular complexity index is 1070. The van der Waals surface area contributed by atoms with Crippen LogP contribution in [0, 0.1) is 6.92 Å². The summed E-state index contributed by atoms with van der Waals surface area (Å²) in [5, 5.41) is 15.7. The number of aromatic nitrogens is 4. The van der Waals surface area contributed by atoms with Gasteiger partial charge in [-0.1, -0.05) is 29.5 Å². The number of benzene rings is 1. The topological polar surface area (TPSA) is 99.0 Å². The highest BCUT2D eigenvalue weighted by Gasteiger charge is 2.28. The molecule has 0 fully saturated rings. The van der Waals surface area contributed by atoms with Crippen molar-refractivity contribution in [2.24, 2.45) is 0 Å². The Kier molecular flexibility index (Phi) is 6.14. The number of aryl methyl sites for hydroxylation is 2. The third-order valence-corrected chi connectivity index (χ3v) is 6.83.